The van der Waals surface area contributed by atoms with E-state index in [-0.39, 0.29) is 21.7 Å². The normalized spacial score (nSPS) is 8.86. The zero-order valence-corrected chi connectivity index (χ0v) is 17.4. The molecule has 0 N–H and O–H groups in total. The standard InChI is InChI=1S/C5H9.3C4H10N.Ti/c1-4-5(2)3;3*1-3-5-4-2;/h4H,2H2,1,3H3;3*3-4H2,1-2H3;/q4*-1;+4/b5-4-;;;;. The Morgan fingerprint density at radius 3 is 0.857 bits per heavy atom. The van der Waals surface area contributed by atoms with Gasteiger partial charge >= 0.3 is 21.7 Å². The Morgan fingerprint density at radius 2 is 0.857 bits per heavy atom. The zero-order valence-electron chi connectivity index (χ0n) is 15.9. The topological polar surface area (TPSA) is 42.3 Å². The molecule has 0 heterocycles. The van der Waals surface area contributed by atoms with Gasteiger partial charge in [-0.15, -0.1) is 6.92 Å². The Bertz CT molecular complexity index is 127. The SMILES string of the molecule is CC[N-]CC.CC[N-]CC.CC[N-]CC.[CH2-]/C(C)=C/C.[Ti+4]. The van der Waals surface area contributed by atoms with Crippen molar-refractivity contribution in [3.05, 3.63) is 34.5 Å². The van der Waals surface area contributed by atoms with Crippen LogP contribution in [0, 0.1) is 6.92 Å². The smallest absolute Gasteiger partial charge is 0.663 e. The molecule has 0 unspecified atom stereocenters. The number of nitrogens with zero attached hydrogens (tertiary/aromatic N) is 3. The predicted molar refractivity (Wildman–Crippen MR) is 98.1 cm³/mol. The van der Waals surface area contributed by atoms with Crippen molar-refractivity contribution >= 4 is 0 Å². The molecule has 0 rings (SSSR count). The van der Waals surface area contributed by atoms with Gasteiger partial charge in [0.15, 0.2) is 0 Å². The van der Waals surface area contributed by atoms with Gasteiger partial charge in [0.25, 0.3) is 0 Å². The summed E-state index contributed by atoms with van der Waals surface area (Å²) >= 11 is 0. The van der Waals surface area contributed by atoms with Gasteiger partial charge in [-0.3, -0.25) is 0 Å². The van der Waals surface area contributed by atoms with E-state index in [1.54, 1.807) is 0 Å². The Morgan fingerprint density at radius 1 is 0.714 bits per heavy atom. The average molecular weight is 333 g/mol. The maximum absolute atomic E-state index is 3.97. The van der Waals surface area contributed by atoms with Gasteiger partial charge in [0.1, 0.15) is 0 Å². The number of hydrogen-bond acceptors (Lipinski definition) is 0. The molecule has 126 valence electrons. The minimum atomic E-state index is 0. The second-order valence-corrected chi connectivity index (χ2v) is 3.70. The van der Waals surface area contributed by atoms with Gasteiger partial charge in [-0.25, -0.2) is 18.6 Å². The van der Waals surface area contributed by atoms with E-state index in [1.165, 1.54) is 0 Å². The van der Waals surface area contributed by atoms with Crippen LogP contribution >= 0.6 is 0 Å². The monoisotopic (exact) mass is 333 g/mol. The summed E-state index contributed by atoms with van der Waals surface area (Å²) < 4.78 is 0. The summed E-state index contributed by atoms with van der Waals surface area (Å²) in [6, 6.07) is 0. The third kappa shape index (κ3) is 99.5. The van der Waals surface area contributed by atoms with Crippen molar-refractivity contribution in [3.63, 3.8) is 0 Å². The van der Waals surface area contributed by atoms with E-state index in [2.05, 4.69) is 22.9 Å². The summed E-state index contributed by atoms with van der Waals surface area (Å²) in [5.41, 5.74) is 1.13. The van der Waals surface area contributed by atoms with Gasteiger partial charge < -0.3 is 16.0 Å². The molecular weight excluding hydrogens is 294 g/mol. The van der Waals surface area contributed by atoms with Crippen molar-refractivity contribution in [2.45, 2.75) is 55.4 Å². The van der Waals surface area contributed by atoms with Gasteiger partial charge in [-0.05, 0) is 0 Å². The van der Waals surface area contributed by atoms with E-state index in [0.717, 1.165) is 44.8 Å². The third-order valence-corrected chi connectivity index (χ3v) is 1.83. The first-order valence-electron chi connectivity index (χ1n) is 7.86. The van der Waals surface area contributed by atoms with Gasteiger partial charge in [0, 0.05) is 0 Å². The Balaban J connectivity index is -0.0000000533. The molecule has 3 nitrogen and oxygen atoms in total. The van der Waals surface area contributed by atoms with Crippen LogP contribution in [0.3, 0.4) is 0 Å². The minimum Gasteiger partial charge on any atom is -0.663 e. The van der Waals surface area contributed by atoms with E-state index in [4.69, 9.17) is 0 Å². The quantitative estimate of drug-likeness (QED) is 0.424. The molecule has 0 bridgehead atoms. The first kappa shape index (κ1) is 33.0. The van der Waals surface area contributed by atoms with Crippen molar-refractivity contribution in [1.29, 1.82) is 0 Å². The molecule has 0 fully saturated rings. The fraction of sp³-hybridized carbons (Fsp3) is 0.824. The van der Waals surface area contributed by atoms with E-state index in [9.17, 15) is 0 Å². The van der Waals surface area contributed by atoms with Crippen molar-refractivity contribution in [2.75, 3.05) is 39.3 Å². The van der Waals surface area contributed by atoms with Gasteiger partial charge in [0.2, 0.25) is 0 Å². The summed E-state index contributed by atoms with van der Waals surface area (Å²) in [4.78, 5) is 0. The molecule has 21 heavy (non-hydrogen) atoms. The molecule has 0 aliphatic rings. The molecule has 0 amide bonds. The second-order valence-electron chi connectivity index (χ2n) is 3.70. The minimum absolute atomic E-state index is 0. The van der Waals surface area contributed by atoms with Crippen LogP contribution in [0.5, 0.6) is 0 Å². The fourth-order valence-corrected chi connectivity index (χ4v) is 0.671. The molecule has 0 saturated heterocycles. The van der Waals surface area contributed by atoms with E-state index in [1.807, 2.05) is 61.5 Å². The van der Waals surface area contributed by atoms with Crippen molar-refractivity contribution in [3.8, 4) is 0 Å². The maximum atomic E-state index is 3.97. The van der Waals surface area contributed by atoms with Crippen LogP contribution in [0.25, 0.3) is 16.0 Å². The van der Waals surface area contributed by atoms with Crippen molar-refractivity contribution in [2.24, 2.45) is 0 Å². The van der Waals surface area contributed by atoms with Crippen LogP contribution in [-0.2, 0) is 21.7 Å². The summed E-state index contributed by atoms with van der Waals surface area (Å²) in [6.07, 6.45) is 1.97. The van der Waals surface area contributed by atoms with Crippen LogP contribution in [0.4, 0.5) is 0 Å². The first-order chi connectivity index (χ1) is 9.51. The largest absolute Gasteiger partial charge is 4.00 e. The van der Waals surface area contributed by atoms with Crippen LogP contribution < -0.4 is 0 Å². The summed E-state index contributed by atoms with van der Waals surface area (Å²) in [5, 5.41) is 11.9. The molecule has 0 aliphatic heterocycles. The van der Waals surface area contributed by atoms with Gasteiger partial charge in [0.05, 0.1) is 0 Å². The second kappa shape index (κ2) is 42.7. The molecule has 4 heteroatoms. The molecule has 0 aromatic rings. The number of rotatable bonds is 6. The van der Waals surface area contributed by atoms with E-state index < -0.39 is 0 Å². The van der Waals surface area contributed by atoms with Crippen LogP contribution in [0.2, 0.25) is 0 Å². The molecule has 0 aromatic heterocycles. The Kier molecular flexibility index (Phi) is 67.1. The molecule has 0 aliphatic carbocycles. The van der Waals surface area contributed by atoms with Crippen molar-refractivity contribution < 1.29 is 21.7 Å². The Hall–Kier alpha value is 0.204. The fourth-order valence-electron chi connectivity index (χ4n) is 0.671. The van der Waals surface area contributed by atoms with Gasteiger partial charge in [-0.2, -0.15) is 39.3 Å². The summed E-state index contributed by atoms with van der Waals surface area (Å²) in [5.74, 6) is 0. The summed E-state index contributed by atoms with van der Waals surface area (Å²) in [6.45, 7) is 25.6. The maximum Gasteiger partial charge on any atom is 4.00 e. The molecular formula is C17H39N3Ti. The Labute approximate surface area is 151 Å². The molecule has 0 atom stereocenters. The van der Waals surface area contributed by atoms with E-state index >= 15 is 0 Å². The summed E-state index contributed by atoms with van der Waals surface area (Å²) in [7, 11) is 0. The number of hydrogen-bond donors (Lipinski definition) is 0. The molecule has 0 aromatic carbocycles. The number of allylic oxidation sites excluding steroid dienone is 2. The van der Waals surface area contributed by atoms with Crippen LogP contribution in [0.1, 0.15) is 55.4 Å². The zero-order chi connectivity index (χ0) is 16.6. The predicted octanol–water partition coefficient (Wildman–Crippen LogP) is 5.98. The average Bonchev–Trinajstić information content (AvgIpc) is 2.43. The van der Waals surface area contributed by atoms with Crippen LogP contribution in [-0.4, -0.2) is 39.3 Å². The van der Waals surface area contributed by atoms with Gasteiger partial charge in [-0.1, -0.05) is 48.5 Å². The third-order valence-electron chi connectivity index (χ3n) is 1.83. The molecule has 0 saturated carbocycles. The van der Waals surface area contributed by atoms with Crippen LogP contribution in [0.15, 0.2) is 11.6 Å². The molecule has 0 spiro atoms. The van der Waals surface area contributed by atoms with E-state index in [0.29, 0.717) is 0 Å². The van der Waals surface area contributed by atoms with Crippen molar-refractivity contribution in [1.82, 2.24) is 0 Å². The first-order valence-corrected chi connectivity index (χ1v) is 7.86. The molecule has 0 radical (unpaired) electrons.